The van der Waals surface area contributed by atoms with Crippen molar-refractivity contribution in [1.29, 1.82) is 0 Å². The van der Waals surface area contributed by atoms with Crippen LogP contribution in [0.3, 0.4) is 0 Å². The fraction of sp³-hybridized carbons (Fsp3) is 0.795. The number of carboxylic acid groups (broad SMARTS) is 1. The van der Waals surface area contributed by atoms with Crippen LogP contribution >= 0.6 is 0 Å². The fourth-order valence-electron chi connectivity index (χ4n) is 11.5. The molecule has 92 heavy (non-hydrogen) atoms. The zero-order chi connectivity index (χ0) is 66.8. The number of allylic oxidation sites excluding steroid dienone is 14. The maximum absolute atomic E-state index is 13.0. The van der Waals surface area contributed by atoms with E-state index in [-0.39, 0.29) is 32.2 Å². The average Bonchev–Trinajstić information content (AvgIpc) is 3.70. The lowest BCUT2D eigenvalue weighted by Crippen LogP contribution is -2.40. The number of hydrogen-bond acceptors (Lipinski definition) is 7. The summed E-state index contributed by atoms with van der Waals surface area (Å²) in [4.78, 5) is 37.7. The van der Waals surface area contributed by atoms with E-state index in [9.17, 15) is 19.5 Å². The summed E-state index contributed by atoms with van der Waals surface area (Å²) in [6.45, 7) is 4.78. The monoisotopic (exact) mass is 1290 g/mol. The summed E-state index contributed by atoms with van der Waals surface area (Å²) in [6.07, 6.45) is 97.5. The van der Waals surface area contributed by atoms with Gasteiger partial charge in [-0.1, -0.05) is 369 Å². The molecule has 0 aliphatic heterocycles. The van der Waals surface area contributed by atoms with Gasteiger partial charge in [0.1, 0.15) is 13.2 Å². The molecule has 9 nitrogen and oxygen atoms in total. The van der Waals surface area contributed by atoms with Crippen LogP contribution in [0.25, 0.3) is 0 Å². The molecule has 0 heterocycles. The topological polar surface area (TPSA) is 108 Å². The second-order valence-electron chi connectivity index (χ2n) is 27.7. The van der Waals surface area contributed by atoms with Gasteiger partial charge in [-0.15, -0.1) is 0 Å². The number of rotatable bonds is 73. The summed E-state index contributed by atoms with van der Waals surface area (Å²) in [7, 11) is 5.98. The molecule has 0 saturated carbocycles. The van der Waals surface area contributed by atoms with Gasteiger partial charge in [0.05, 0.1) is 34.4 Å². The van der Waals surface area contributed by atoms with E-state index >= 15 is 0 Å². The first-order valence-corrected chi connectivity index (χ1v) is 39.3. The molecule has 534 valence electrons. The minimum absolute atomic E-state index is 0.181. The Kier molecular flexibility index (Phi) is 70.5. The molecule has 0 aromatic rings. The highest BCUT2D eigenvalue weighted by molar-refractivity contribution is 5.71. The number of quaternary nitrogens is 1. The molecule has 0 aliphatic rings. The molecule has 1 N–H and O–H groups in total. The Morgan fingerprint density at radius 2 is 0.620 bits per heavy atom. The number of carbonyl (C=O) groups excluding carboxylic acids is 2. The van der Waals surface area contributed by atoms with E-state index in [1.807, 2.05) is 21.1 Å². The van der Waals surface area contributed by atoms with Crippen LogP contribution in [-0.2, 0) is 33.3 Å². The average molecular weight is 1290 g/mol. The molecule has 0 radical (unpaired) electrons. The lowest BCUT2D eigenvalue weighted by molar-refractivity contribution is -0.870. The molecule has 2 unspecified atom stereocenters. The number of hydrogen-bond donors (Lipinski definition) is 1. The van der Waals surface area contributed by atoms with Crippen molar-refractivity contribution in [2.24, 2.45) is 0 Å². The first-order chi connectivity index (χ1) is 45.1. The molecular formula is C83H150NO8+. The summed E-state index contributed by atoms with van der Waals surface area (Å²) < 4.78 is 23.0. The van der Waals surface area contributed by atoms with Crippen LogP contribution in [0.5, 0.6) is 0 Å². The second kappa shape index (κ2) is 73.3. The number of esters is 2. The van der Waals surface area contributed by atoms with E-state index in [1.165, 1.54) is 238 Å². The Hall–Kier alpha value is -3.53. The van der Waals surface area contributed by atoms with Crippen molar-refractivity contribution in [2.45, 2.75) is 379 Å². The quantitative estimate of drug-likeness (QED) is 0.0211. The van der Waals surface area contributed by atoms with Gasteiger partial charge in [-0.2, -0.15) is 0 Å². The third kappa shape index (κ3) is 73.9. The van der Waals surface area contributed by atoms with Crippen molar-refractivity contribution in [3.8, 4) is 0 Å². The van der Waals surface area contributed by atoms with Crippen LogP contribution in [0.4, 0.5) is 0 Å². The molecule has 0 saturated heterocycles. The van der Waals surface area contributed by atoms with Crippen molar-refractivity contribution < 1.29 is 42.9 Å². The van der Waals surface area contributed by atoms with Gasteiger partial charge < -0.3 is 28.5 Å². The van der Waals surface area contributed by atoms with Gasteiger partial charge in [0.2, 0.25) is 0 Å². The molecule has 0 fully saturated rings. The van der Waals surface area contributed by atoms with Gasteiger partial charge in [0.25, 0.3) is 6.29 Å². The van der Waals surface area contributed by atoms with Crippen LogP contribution in [0.1, 0.15) is 367 Å². The number of ether oxygens (including phenoxy) is 4. The Morgan fingerprint density at radius 3 is 0.924 bits per heavy atom. The van der Waals surface area contributed by atoms with Gasteiger partial charge in [0, 0.05) is 12.8 Å². The standard InChI is InChI=1S/C83H149NO8/c1-6-8-10-12-14-16-18-20-22-24-26-28-30-32-34-35-36-37-38-39-40-41-42-43-44-45-46-48-49-51-53-55-57-59-61-63-65-67-69-71-73-80(85)90-77-79(78-91-83(82(87)88)89-76-75-84(3,4)5)92-81(86)74-72-70-68-66-64-62-60-58-56-54-52-50-47-33-31-29-27-25-23-21-19-17-15-13-11-9-7-2/h9,11,15,17,21,23,27,29,33,47,52,54,58,60,79,83H,6-8,10,12-14,16,18-20,22,24-26,28,30-32,34-46,48-51,53,55-57,59,61-78H2,1-5H3/p+1/b11-9-,17-15-,23-21-,29-27-,47-33-,54-52-,60-58-. The van der Waals surface area contributed by atoms with E-state index in [4.69, 9.17) is 18.9 Å². The number of nitrogens with zero attached hydrogens (tertiary/aromatic N) is 1. The summed E-state index contributed by atoms with van der Waals surface area (Å²) in [5.74, 6) is -2.02. The third-order valence-corrected chi connectivity index (χ3v) is 17.4. The summed E-state index contributed by atoms with van der Waals surface area (Å²) >= 11 is 0. The lowest BCUT2D eigenvalue weighted by atomic mass is 10.0. The SMILES string of the molecule is CC/C=C\C/C=C\C/C=C\C/C=C\C/C=C\C/C=C\C/C=C\CCCCCCCC(=O)OC(COC(=O)CCCCCCCCCCCCCCCCCCCCCCCCCCCCCCCCCCCCCCCCCC)COC(OCC[N+](C)(C)C)C(=O)O. The molecule has 0 spiro atoms. The van der Waals surface area contributed by atoms with Gasteiger partial charge in [-0.3, -0.25) is 9.59 Å². The van der Waals surface area contributed by atoms with E-state index < -0.39 is 24.3 Å². The molecular weight excluding hydrogens is 1140 g/mol. The van der Waals surface area contributed by atoms with Gasteiger partial charge in [-0.05, 0) is 70.6 Å². The number of likely N-dealkylation sites (N-methyl/N-ethyl adjacent to an activating group) is 1. The molecule has 0 aromatic heterocycles. The summed E-state index contributed by atoms with van der Waals surface area (Å²) in [5.41, 5.74) is 0. The fourth-order valence-corrected chi connectivity index (χ4v) is 11.5. The van der Waals surface area contributed by atoms with Crippen molar-refractivity contribution in [3.05, 3.63) is 85.1 Å². The number of carbonyl (C=O) groups is 3. The zero-order valence-corrected chi connectivity index (χ0v) is 61.2. The lowest BCUT2D eigenvalue weighted by Gasteiger charge is -2.25. The smallest absolute Gasteiger partial charge is 0.361 e. The van der Waals surface area contributed by atoms with Gasteiger partial charge >= 0.3 is 17.9 Å². The molecule has 2 atom stereocenters. The number of unbranched alkanes of at least 4 members (excludes halogenated alkanes) is 44. The molecule has 0 rings (SSSR count). The van der Waals surface area contributed by atoms with Crippen molar-refractivity contribution in [3.63, 3.8) is 0 Å². The Morgan fingerprint density at radius 1 is 0.337 bits per heavy atom. The predicted octanol–water partition coefficient (Wildman–Crippen LogP) is 25.0. The van der Waals surface area contributed by atoms with Crippen LogP contribution in [0.15, 0.2) is 85.1 Å². The predicted molar refractivity (Wildman–Crippen MR) is 396 cm³/mol. The maximum atomic E-state index is 13.0. The first-order valence-electron chi connectivity index (χ1n) is 39.3. The van der Waals surface area contributed by atoms with E-state index in [0.717, 1.165) is 96.3 Å². The highest BCUT2D eigenvalue weighted by Crippen LogP contribution is 2.19. The van der Waals surface area contributed by atoms with Crippen molar-refractivity contribution >= 4 is 17.9 Å². The normalized spacial score (nSPS) is 13.1. The third-order valence-electron chi connectivity index (χ3n) is 17.4. The zero-order valence-electron chi connectivity index (χ0n) is 61.2. The van der Waals surface area contributed by atoms with E-state index in [0.29, 0.717) is 23.9 Å². The van der Waals surface area contributed by atoms with Crippen molar-refractivity contribution in [1.82, 2.24) is 0 Å². The highest BCUT2D eigenvalue weighted by atomic mass is 16.7. The molecule has 0 aliphatic carbocycles. The van der Waals surface area contributed by atoms with E-state index in [2.05, 4.69) is 98.9 Å². The molecule has 9 heteroatoms. The Labute approximate surface area is 570 Å². The van der Waals surface area contributed by atoms with Gasteiger partial charge in [-0.25, -0.2) is 4.79 Å². The minimum atomic E-state index is -1.52. The van der Waals surface area contributed by atoms with Crippen LogP contribution in [0, 0.1) is 0 Å². The highest BCUT2D eigenvalue weighted by Gasteiger charge is 2.25. The van der Waals surface area contributed by atoms with Crippen LogP contribution in [0.2, 0.25) is 0 Å². The maximum Gasteiger partial charge on any atom is 0.361 e. The molecule has 0 aromatic carbocycles. The summed E-state index contributed by atoms with van der Waals surface area (Å²) in [5, 5.41) is 9.76. The van der Waals surface area contributed by atoms with Crippen LogP contribution < -0.4 is 0 Å². The second-order valence-corrected chi connectivity index (χ2v) is 27.7. The van der Waals surface area contributed by atoms with Gasteiger partial charge in [0.15, 0.2) is 6.10 Å². The van der Waals surface area contributed by atoms with E-state index in [1.54, 1.807) is 0 Å². The number of carboxylic acids is 1. The summed E-state index contributed by atoms with van der Waals surface area (Å²) in [6, 6.07) is 0. The Bertz CT molecular complexity index is 1790. The molecule has 0 bridgehead atoms. The minimum Gasteiger partial charge on any atom is -0.477 e. The number of aliphatic carboxylic acids is 1. The first kappa shape index (κ1) is 88.5. The largest absolute Gasteiger partial charge is 0.477 e. The Balaban J connectivity index is 4.00. The van der Waals surface area contributed by atoms with Crippen molar-refractivity contribution in [2.75, 3.05) is 47.5 Å². The molecule has 0 amide bonds. The van der Waals surface area contributed by atoms with Crippen LogP contribution in [-0.4, -0.2) is 87.4 Å².